The van der Waals surface area contributed by atoms with Gasteiger partial charge in [-0.1, -0.05) is 0 Å². The van der Waals surface area contributed by atoms with Gasteiger partial charge in [-0.15, -0.1) is 0 Å². The Kier molecular flexibility index (Phi) is 10.1. The summed E-state index contributed by atoms with van der Waals surface area (Å²) in [6.07, 6.45) is 0.489. The smallest absolute Gasteiger partial charge is 0.305 e. The Bertz CT molecular complexity index is 786. The van der Waals surface area contributed by atoms with Gasteiger partial charge < -0.3 is 37.4 Å². The van der Waals surface area contributed by atoms with Crippen molar-refractivity contribution < 1.29 is 33.9 Å². The van der Waals surface area contributed by atoms with Crippen molar-refractivity contribution in [3.63, 3.8) is 0 Å². The SMILES string of the molecule is CC(=O)N[C@@H](CCCNC(=N)N)C(=O)N1CCC[C@H]1C(=O)N[C@@H](CC(=O)O)C(=O)C(N)=O. The molecular formula is C18H29N7O7. The number of carbonyl (C=O) groups is 6. The molecule has 0 unspecified atom stereocenters. The fourth-order valence-corrected chi connectivity index (χ4v) is 3.36. The number of hydrogen-bond acceptors (Lipinski definition) is 7. The second-order valence-electron chi connectivity index (χ2n) is 7.31. The fourth-order valence-electron chi connectivity index (χ4n) is 3.36. The van der Waals surface area contributed by atoms with Crippen LogP contribution in [-0.2, 0) is 28.8 Å². The maximum atomic E-state index is 13.0. The molecule has 1 heterocycles. The number of guanidine groups is 1. The van der Waals surface area contributed by atoms with Gasteiger partial charge in [-0.3, -0.25) is 34.2 Å². The van der Waals surface area contributed by atoms with Crippen LogP contribution in [0.15, 0.2) is 0 Å². The summed E-state index contributed by atoms with van der Waals surface area (Å²) >= 11 is 0. The number of carbonyl (C=O) groups excluding carboxylic acids is 5. The highest BCUT2D eigenvalue weighted by atomic mass is 16.4. The van der Waals surface area contributed by atoms with Crippen molar-refractivity contribution in [2.75, 3.05) is 13.1 Å². The van der Waals surface area contributed by atoms with E-state index in [-0.39, 0.29) is 25.3 Å². The van der Waals surface area contributed by atoms with E-state index in [4.69, 9.17) is 22.0 Å². The molecule has 0 aromatic rings. The van der Waals surface area contributed by atoms with Crippen molar-refractivity contribution in [1.29, 1.82) is 5.41 Å². The number of nitrogens with zero attached hydrogens (tertiary/aromatic N) is 1. The largest absolute Gasteiger partial charge is 0.481 e. The van der Waals surface area contributed by atoms with Gasteiger partial charge in [0, 0.05) is 20.0 Å². The molecule has 1 aliphatic heterocycles. The Balaban J connectivity index is 2.91. The maximum absolute atomic E-state index is 13.0. The lowest BCUT2D eigenvalue weighted by atomic mass is 10.1. The Morgan fingerprint density at radius 1 is 1.12 bits per heavy atom. The first-order valence-electron chi connectivity index (χ1n) is 9.95. The zero-order chi connectivity index (χ0) is 24.4. The number of Topliss-reactive ketones (excluding diaryl/α,β-unsaturated/α-hetero) is 1. The number of hydrogen-bond donors (Lipinski definition) is 7. The van der Waals surface area contributed by atoms with E-state index in [1.54, 1.807) is 0 Å². The Morgan fingerprint density at radius 2 is 1.78 bits per heavy atom. The summed E-state index contributed by atoms with van der Waals surface area (Å²) in [5.41, 5.74) is 10.1. The van der Waals surface area contributed by atoms with E-state index < -0.39 is 59.9 Å². The molecule has 0 aliphatic carbocycles. The molecule has 14 heteroatoms. The zero-order valence-corrected chi connectivity index (χ0v) is 17.7. The molecule has 0 radical (unpaired) electrons. The molecular weight excluding hydrogens is 426 g/mol. The molecule has 0 spiro atoms. The van der Waals surface area contributed by atoms with E-state index >= 15 is 0 Å². The summed E-state index contributed by atoms with van der Waals surface area (Å²) in [7, 11) is 0. The van der Waals surface area contributed by atoms with Crippen molar-refractivity contribution in [1.82, 2.24) is 20.9 Å². The lowest BCUT2D eigenvalue weighted by Crippen LogP contribution is -2.56. The normalized spacial score (nSPS) is 17.0. The maximum Gasteiger partial charge on any atom is 0.305 e. The van der Waals surface area contributed by atoms with Crippen molar-refractivity contribution in [3.05, 3.63) is 0 Å². The molecule has 0 bridgehead atoms. The molecule has 178 valence electrons. The van der Waals surface area contributed by atoms with Gasteiger partial charge in [-0.05, 0) is 25.7 Å². The highest BCUT2D eigenvalue weighted by Crippen LogP contribution is 2.20. The van der Waals surface area contributed by atoms with Gasteiger partial charge in [0.1, 0.15) is 18.1 Å². The first-order valence-corrected chi connectivity index (χ1v) is 9.95. The molecule has 9 N–H and O–H groups in total. The van der Waals surface area contributed by atoms with Crippen LogP contribution < -0.4 is 27.4 Å². The average Bonchev–Trinajstić information content (AvgIpc) is 3.17. The molecule has 4 amide bonds. The summed E-state index contributed by atoms with van der Waals surface area (Å²) in [4.78, 5) is 72.6. The molecule has 1 rings (SSSR count). The van der Waals surface area contributed by atoms with Gasteiger partial charge in [0.15, 0.2) is 5.96 Å². The summed E-state index contributed by atoms with van der Waals surface area (Å²) in [6.45, 7) is 1.76. The third-order valence-electron chi connectivity index (χ3n) is 4.75. The van der Waals surface area contributed by atoms with E-state index in [9.17, 15) is 28.8 Å². The summed E-state index contributed by atoms with van der Waals surface area (Å²) in [5.74, 6) is -6.06. The van der Waals surface area contributed by atoms with Crippen LogP contribution in [0.25, 0.3) is 0 Å². The first-order chi connectivity index (χ1) is 14.9. The number of likely N-dealkylation sites (tertiary alicyclic amines) is 1. The number of primary amides is 1. The molecule has 14 nitrogen and oxygen atoms in total. The van der Waals surface area contributed by atoms with Gasteiger partial charge >= 0.3 is 5.97 Å². The number of nitrogens with two attached hydrogens (primary N) is 2. The number of aliphatic carboxylic acids is 1. The van der Waals surface area contributed by atoms with Crippen LogP contribution in [0.1, 0.15) is 39.0 Å². The highest BCUT2D eigenvalue weighted by molar-refractivity contribution is 6.38. The number of rotatable bonds is 12. The summed E-state index contributed by atoms with van der Waals surface area (Å²) in [6, 6.07) is -3.60. The van der Waals surface area contributed by atoms with E-state index in [0.717, 1.165) is 0 Å². The van der Waals surface area contributed by atoms with Crippen molar-refractivity contribution in [2.24, 2.45) is 11.5 Å². The van der Waals surface area contributed by atoms with E-state index in [1.807, 2.05) is 0 Å². The number of carboxylic acid groups (broad SMARTS) is 1. The molecule has 0 saturated carbocycles. The van der Waals surface area contributed by atoms with Crippen LogP contribution in [0.3, 0.4) is 0 Å². The monoisotopic (exact) mass is 455 g/mol. The minimum atomic E-state index is -1.65. The lowest BCUT2D eigenvalue weighted by molar-refractivity contribution is -0.145. The predicted octanol–water partition coefficient (Wildman–Crippen LogP) is -3.24. The quantitative estimate of drug-likeness (QED) is 0.0676. The van der Waals surface area contributed by atoms with Crippen LogP contribution in [0.5, 0.6) is 0 Å². The Morgan fingerprint density at radius 3 is 2.31 bits per heavy atom. The summed E-state index contributed by atoms with van der Waals surface area (Å²) < 4.78 is 0. The molecule has 0 aromatic heterocycles. The summed E-state index contributed by atoms with van der Waals surface area (Å²) in [5, 5.41) is 23.4. The Labute approximate surface area is 183 Å². The van der Waals surface area contributed by atoms with Crippen LogP contribution in [0.4, 0.5) is 0 Å². The van der Waals surface area contributed by atoms with E-state index in [1.165, 1.54) is 11.8 Å². The van der Waals surface area contributed by atoms with Gasteiger partial charge in [0.2, 0.25) is 23.5 Å². The molecule has 32 heavy (non-hydrogen) atoms. The molecule has 1 fully saturated rings. The third-order valence-corrected chi connectivity index (χ3v) is 4.75. The van der Waals surface area contributed by atoms with Crippen LogP contribution in [0, 0.1) is 5.41 Å². The minimum absolute atomic E-state index is 0.214. The topological polar surface area (TPSA) is 238 Å². The predicted molar refractivity (Wildman–Crippen MR) is 110 cm³/mol. The molecule has 1 saturated heterocycles. The second-order valence-corrected chi connectivity index (χ2v) is 7.31. The van der Waals surface area contributed by atoms with Crippen LogP contribution >= 0.6 is 0 Å². The fraction of sp³-hybridized carbons (Fsp3) is 0.611. The standard InChI is InChI=1S/C18H29N7O7/c1-9(26)23-10(4-2-6-22-18(20)21)17(32)25-7-3-5-12(25)16(31)24-11(8-13(27)28)14(29)15(19)30/h10-12H,2-8H2,1H3,(H2,19,30)(H,23,26)(H,24,31)(H,27,28)(H4,20,21,22)/t10-,11-,12-/m0/s1. The second kappa shape index (κ2) is 12.2. The molecule has 1 aliphatic rings. The third kappa shape index (κ3) is 8.20. The van der Waals surface area contributed by atoms with Crippen molar-refractivity contribution in [2.45, 2.75) is 57.2 Å². The number of nitrogens with one attached hydrogen (secondary N) is 4. The Hall–Kier alpha value is -3.71. The van der Waals surface area contributed by atoms with Gasteiger partial charge in [-0.25, -0.2) is 0 Å². The average molecular weight is 455 g/mol. The van der Waals surface area contributed by atoms with Crippen LogP contribution in [-0.4, -0.2) is 82.6 Å². The van der Waals surface area contributed by atoms with E-state index in [2.05, 4.69) is 16.0 Å². The number of ketones is 1. The minimum Gasteiger partial charge on any atom is -0.481 e. The van der Waals surface area contributed by atoms with Gasteiger partial charge in [-0.2, -0.15) is 0 Å². The number of amides is 4. The van der Waals surface area contributed by atoms with E-state index in [0.29, 0.717) is 19.4 Å². The van der Waals surface area contributed by atoms with Crippen molar-refractivity contribution >= 4 is 41.3 Å². The van der Waals surface area contributed by atoms with Gasteiger partial charge in [0.05, 0.1) is 6.42 Å². The van der Waals surface area contributed by atoms with Gasteiger partial charge in [0.25, 0.3) is 5.91 Å². The lowest BCUT2D eigenvalue weighted by Gasteiger charge is -2.29. The number of carboxylic acids is 1. The highest BCUT2D eigenvalue weighted by Gasteiger charge is 2.39. The molecule has 0 aromatic carbocycles. The van der Waals surface area contributed by atoms with Crippen LogP contribution in [0.2, 0.25) is 0 Å². The van der Waals surface area contributed by atoms with Crippen molar-refractivity contribution in [3.8, 4) is 0 Å². The first kappa shape index (κ1) is 26.3. The molecule has 3 atom stereocenters. The zero-order valence-electron chi connectivity index (χ0n) is 17.7.